The molecule has 88 valence electrons. The van der Waals surface area contributed by atoms with Crippen LogP contribution < -0.4 is 0 Å². The summed E-state index contributed by atoms with van der Waals surface area (Å²) in [6.45, 7) is 3.54. The van der Waals surface area contributed by atoms with Gasteiger partial charge < -0.3 is 5.11 Å². The maximum Gasteiger partial charge on any atom is 0.312 e. The average molecular weight is 294 g/mol. The quantitative estimate of drug-likeness (QED) is 0.922. The zero-order chi connectivity index (χ0) is 12.6. The Morgan fingerprint density at radius 3 is 2.82 bits per heavy atom. The van der Waals surface area contributed by atoms with Gasteiger partial charge in [0, 0.05) is 9.86 Å². The molecule has 0 aliphatic heterocycles. The molecule has 0 bridgehead atoms. The molecule has 1 aromatic heterocycles. The Bertz CT molecular complexity index is 595. The fraction of sp³-hybridized carbons (Fsp3) is 0.231. The molecule has 3 nitrogen and oxygen atoms in total. The molecule has 0 spiro atoms. The molecule has 0 radical (unpaired) electrons. The van der Waals surface area contributed by atoms with Gasteiger partial charge in [0.15, 0.2) is 0 Å². The smallest absolute Gasteiger partial charge is 0.312 e. The van der Waals surface area contributed by atoms with Crippen molar-refractivity contribution in [3.05, 3.63) is 40.0 Å². The minimum absolute atomic E-state index is 0.591. The second kappa shape index (κ2) is 4.45. The summed E-state index contributed by atoms with van der Waals surface area (Å²) in [5, 5.41) is 10.1. The number of hydrogen-bond donors (Lipinski definition) is 1. The number of fused-ring (bicyclic) bond motifs is 1. The Kier molecular flexibility index (Phi) is 3.15. The summed E-state index contributed by atoms with van der Waals surface area (Å²) in [7, 11) is 0. The minimum Gasteiger partial charge on any atom is -0.481 e. The van der Waals surface area contributed by atoms with Gasteiger partial charge in [-0.3, -0.25) is 9.78 Å². The molecule has 17 heavy (non-hydrogen) atoms. The van der Waals surface area contributed by atoms with Crippen molar-refractivity contribution in [1.29, 1.82) is 0 Å². The van der Waals surface area contributed by atoms with E-state index in [0.29, 0.717) is 5.69 Å². The predicted molar refractivity (Wildman–Crippen MR) is 70.2 cm³/mol. The molecular formula is C13H12BrNO2. The first kappa shape index (κ1) is 12.0. The largest absolute Gasteiger partial charge is 0.481 e. The number of pyridine rings is 1. The number of carboxylic acid groups (broad SMARTS) is 1. The van der Waals surface area contributed by atoms with Crippen LogP contribution in [0.2, 0.25) is 0 Å². The minimum atomic E-state index is -0.855. The van der Waals surface area contributed by atoms with E-state index < -0.39 is 11.9 Å². The Labute approximate surface area is 108 Å². The normalized spacial score (nSPS) is 12.6. The molecule has 4 heteroatoms. The first-order chi connectivity index (χ1) is 8.00. The zero-order valence-corrected chi connectivity index (χ0v) is 11.2. The van der Waals surface area contributed by atoms with Gasteiger partial charge in [-0.2, -0.15) is 0 Å². The van der Waals surface area contributed by atoms with Crippen LogP contribution in [0.25, 0.3) is 10.9 Å². The van der Waals surface area contributed by atoms with Crippen LogP contribution in [0.1, 0.15) is 24.1 Å². The van der Waals surface area contributed by atoms with E-state index in [0.717, 1.165) is 20.9 Å². The number of rotatable bonds is 2. The van der Waals surface area contributed by atoms with Gasteiger partial charge in [0.2, 0.25) is 0 Å². The molecule has 0 amide bonds. The second-order valence-corrected chi connectivity index (χ2v) is 4.92. The number of aromatic nitrogens is 1. The fourth-order valence-electron chi connectivity index (χ4n) is 1.84. The third kappa shape index (κ3) is 2.17. The van der Waals surface area contributed by atoms with Gasteiger partial charge in [-0.15, -0.1) is 0 Å². The van der Waals surface area contributed by atoms with Crippen molar-refractivity contribution in [2.45, 2.75) is 19.8 Å². The standard InChI is InChI=1S/C13H12BrNO2/c1-7-6-9-4-3-5-10(14)12(9)15-11(7)8(2)13(16)17/h3-6,8H,1-2H3,(H,16,17). The first-order valence-corrected chi connectivity index (χ1v) is 6.08. The first-order valence-electron chi connectivity index (χ1n) is 5.29. The van der Waals surface area contributed by atoms with Crippen molar-refractivity contribution in [1.82, 2.24) is 4.98 Å². The Balaban J connectivity index is 2.70. The van der Waals surface area contributed by atoms with Gasteiger partial charge >= 0.3 is 5.97 Å². The van der Waals surface area contributed by atoms with E-state index >= 15 is 0 Å². The van der Waals surface area contributed by atoms with E-state index in [2.05, 4.69) is 20.9 Å². The fourth-order valence-corrected chi connectivity index (χ4v) is 2.31. The van der Waals surface area contributed by atoms with Crippen molar-refractivity contribution in [2.24, 2.45) is 0 Å². The number of carbonyl (C=O) groups is 1. The highest BCUT2D eigenvalue weighted by molar-refractivity contribution is 9.10. The lowest BCUT2D eigenvalue weighted by atomic mass is 10.0. The number of benzene rings is 1. The van der Waals surface area contributed by atoms with Crippen molar-refractivity contribution in [3.8, 4) is 0 Å². The van der Waals surface area contributed by atoms with Crippen LogP contribution in [0.5, 0.6) is 0 Å². The SMILES string of the molecule is Cc1cc2cccc(Br)c2nc1C(C)C(=O)O. The number of halogens is 1. The molecule has 0 aliphatic rings. The lowest BCUT2D eigenvalue weighted by molar-refractivity contribution is -0.138. The zero-order valence-electron chi connectivity index (χ0n) is 9.57. The summed E-state index contributed by atoms with van der Waals surface area (Å²) < 4.78 is 0.883. The summed E-state index contributed by atoms with van der Waals surface area (Å²) in [4.78, 5) is 15.5. The molecule has 1 aromatic carbocycles. The predicted octanol–water partition coefficient (Wildman–Crippen LogP) is 3.49. The molecule has 0 aliphatic carbocycles. The topological polar surface area (TPSA) is 50.2 Å². The highest BCUT2D eigenvalue weighted by Gasteiger charge is 2.18. The van der Waals surface area contributed by atoms with Crippen LogP contribution in [0.4, 0.5) is 0 Å². The van der Waals surface area contributed by atoms with E-state index in [1.165, 1.54) is 0 Å². The number of carboxylic acids is 1. The molecule has 0 saturated heterocycles. The van der Waals surface area contributed by atoms with E-state index in [1.54, 1.807) is 6.92 Å². The van der Waals surface area contributed by atoms with Gasteiger partial charge in [0.25, 0.3) is 0 Å². The van der Waals surface area contributed by atoms with E-state index in [1.807, 2.05) is 31.2 Å². The third-order valence-corrected chi connectivity index (χ3v) is 3.45. The maximum absolute atomic E-state index is 11.0. The van der Waals surface area contributed by atoms with Crippen LogP contribution >= 0.6 is 15.9 Å². The maximum atomic E-state index is 11.0. The van der Waals surface area contributed by atoms with E-state index in [-0.39, 0.29) is 0 Å². The molecule has 2 aromatic rings. The number of para-hydroxylation sites is 1. The van der Waals surface area contributed by atoms with Crippen LogP contribution in [-0.4, -0.2) is 16.1 Å². The number of aliphatic carboxylic acids is 1. The average Bonchev–Trinajstić information content (AvgIpc) is 2.27. The van der Waals surface area contributed by atoms with Gasteiger partial charge in [-0.25, -0.2) is 0 Å². The van der Waals surface area contributed by atoms with Crippen molar-refractivity contribution < 1.29 is 9.90 Å². The number of aryl methyl sites for hydroxylation is 1. The second-order valence-electron chi connectivity index (χ2n) is 4.06. The number of hydrogen-bond acceptors (Lipinski definition) is 2. The highest BCUT2D eigenvalue weighted by Crippen LogP contribution is 2.27. The van der Waals surface area contributed by atoms with Crippen molar-refractivity contribution >= 4 is 32.8 Å². The molecule has 1 N–H and O–H groups in total. The lowest BCUT2D eigenvalue weighted by Crippen LogP contribution is -2.11. The van der Waals surface area contributed by atoms with Gasteiger partial charge in [-0.1, -0.05) is 12.1 Å². The lowest BCUT2D eigenvalue weighted by Gasteiger charge is -2.11. The van der Waals surface area contributed by atoms with Crippen LogP contribution in [0, 0.1) is 6.92 Å². The molecule has 0 fully saturated rings. The summed E-state index contributed by atoms with van der Waals surface area (Å²) >= 11 is 3.43. The summed E-state index contributed by atoms with van der Waals surface area (Å²) in [6, 6.07) is 7.78. The summed E-state index contributed by atoms with van der Waals surface area (Å²) in [5.74, 6) is -1.45. The monoisotopic (exact) mass is 293 g/mol. The van der Waals surface area contributed by atoms with Gasteiger partial charge in [0.05, 0.1) is 17.1 Å². The van der Waals surface area contributed by atoms with Crippen LogP contribution in [0.3, 0.4) is 0 Å². The van der Waals surface area contributed by atoms with Crippen LogP contribution in [-0.2, 0) is 4.79 Å². The summed E-state index contributed by atoms with van der Waals surface area (Å²) in [6.07, 6.45) is 0. The Morgan fingerprint density at radius 1 is 1.47 bits per heavy atom. The highest BCUT2D eigenvalue weighted by atomic mass is 79.9. The number of nitrogens with zero attached hydrogens (tertiary/aromatic N) is 1. The molecule has 2 rings (SSSR count). The van der Waals surface area contributed by atoms with Gasteiger partial charge in [0.1, 0.15) is 0 Å². The molecular weight excluding hydrogens is 282 g/mol. The summed E-state index contributed by atoms with van der Waals surface area (Å²) in [5.41, 5.74) is 2.34. The Hall–Kier alpha value is -1.42. The van der Waals surface area contributed by atoms with Gasteiger partial charge in [-0.05, 0) is 47.5 Å². The van der Waals surface area contributed by atoms with Crippen molar-refractivity contribution in [3.63, 3.8) is 0 Å². The molecule has 1 heterocycles. The molecule has 1 atom stereocenters. The Morgan fingerprint density at radius 2 is 2.18 bits per heavy atom. The van der Waals surface area contributed by atoms with E-state index in [9.17, 15) is 4.79 Å². The molecule has 0 saturated carbocycles. The third-order valence-electron chi connectivity index (χ3n) is 2.81. The van der Waals surface area contributed by atoms with E-state index in [4.69, 9.17) is 5.11 Å². The molecule has 1 unspecified atom stereocenters. The van der Waals surface area contributed by atoms with Crippen molar-refractivity contribution in [2.75, 3.05) is 0 Å². The van der Waals surface area contributed by atoms with Crippen LogP contribution in [0.15, 0.2) is 28.7 Å².